The molecular weight excluding hydrogens is 260 g/mol. The van der Waals surface area contributed by atoms with Gasteiger partial charge in [0.1, 0.15) is 0 Å². The van der Waals surface area contributed by atoms with E-state index in [2.05, 4.69) is 34.5 Å². The lowest BCUT2D eigenvalue weighted by Crippen LogP contribution is -2.35. The third kappa shape index (κ3) is 4.85. The molecule has 0 bridgehead atoms. The van der Waals surface area contributed by atoms with Crippen LogP contribution >= 0.6 is 0 Å². The molecule has 2 rings (SSSR count). The average molecular weight is 288 g/mol. The summed E-state index contributed by atoms with van der Waals surface area (Å²) in [4.78, 5) is 14.5. The van der Waals surface area contributed by atoms with E-state index in [1.165, 1.54) is 43.5 Å². The summed E-state index contributed by atoms with van der Waals surface area (Å²) in [5.74, 6) is 0.107. The van der Waals surface area contributed by atoms with E-state index in [0.717, 1.165) is 6.54 Å². The molecule has 0 spiro atoms. The summed E-state index contributed by atoms with van der Waals surface area (Å²) in [6.07, 6.45) is 3.98. The monoisotopic (exact) mass is 288 g/mol. The van der Waals surface area contributed by atoms with Crippen LogP contribution in [0.1, 0.15) is 51.2 Å². The molecule has 3 nitrogen and oxygen atoms in total. The summed E-state index contributed by atoms with van der Waals surface area (Å²) in [5, 5.41) is 3.06. The van der Waals surface area contributed by atoms with E-state index < -0.39 is 0 Å². The first-order valence-electron chi connectivity index (χ1n) is 8.04. The van der Waals surface area contributed by atoms with Crippen LogP contribution in [-0.2, 0) is 17.9 Å². The van der Waals surface area contributed by atoms with Crippen LogP contribution in [0.5, 0.6) is 0 Å². The Morgan fingerprint density at radius 2 is 1.71 bits per heavy atom. The highest BCUT2D eigenvalue weighted by molar-refractivity contribution is 5.81. The van der Waals surface area contributed by atoms with Crippen molar-refractivity contribution in [2.45, 2.75) is 53.1 Å². The van der Waals surface area contributed by atoms with Crippen molar-refractivity contribution in [1.82, 2.24) is 10.2 Å². The van der Waals surface area contributed by atoms with Crippen molar-refractivity contribution in [3.63, 3.8) is 0 Å². The molecule has 0 aromatic heterocycles. The molecule has 1 aliphatic heterocycles. The van der Waals surface area contributed by atoms with Crippen LogP contribution in [0.15, 0.2) is 24.3 Å². The van der Waals surface area contributed by atoms with Crippen molar-refractivity contribution in [2.75, 3.05) is 13.1 Å². The maximum absolute atomic E-state index is 12.0. The zero-order valence-electron chi connectivity index (χ0n) is 13.6. The largest absolute Gasteiger partial charge is 0.352 e. The van der Waals surface area contributed by atoms with Crippen molar-refractivity contribution >= 4 is 5.91 Å². The topological polar surface area (TPSA) is 32.3 Å². The first-order valence-corrected chi connectivity index (χ1v) is 8.04. The Morgan fingerprint density at radius 3 is 2.33 bits per heavy atom. The standard InChI is InChI=1S/C18H28N2O/c1-18(2,3)17(21)19-13-15-9-5-6-10-16(15)14-20-11-7-4-8-12-20/h5-6,9-10H,4,7-8,11-14H2,1-3H3,(H,19,21). The number of likely N-dealkylation sites (tertiary alicyclic amines) is 1. The number of carbonyl (C=O) groups is 1. The van der Waals surface area contributed by atoms with Crippen LogP contribution in [0.25, 0.3) is 0 Å². The van der Waals surface area contributed by atoms with E-state index in [-0.39, 0.29) is 11.3 Å². The fourth-order valence-electron chi connectivity index (χ4n) is 2.68. The lowest BCUT2D eigenvalue weighted by molar-refractivity contribution is -0.128. The maximum atomic E-state index is 12.0. The van der Waals surface area contributed by atoms with Crippen molar-refractivity contribution in [3.8, 4) is 0 Å². The molecule has 21 heavy (non-hydrogen) atoms. The first-order chi connectivity index (χ1) is 9.97. The van der Waals surface area contributed by atoms with Crippen LogP contribution in [0, 0.1) is 5.41 Å². The number of benzene rings is 1. The van der Waals surface area contributed by atoms with E-state index in [1.54, 1.807) is 0 Å². The summed E-state index contributed by atoms with van der Waals surface area (Å²) in [6.45, 7) is 9.86. The quantitative estimate of drug-likeness (QED) is 0.921. The highest BCUT2D eigenvalue weighted by atomic mass is 16.2. The van der Waals surface area contributed by atoms with Crippen LogP contribution in [0.4, 0.5) is 0 Å². The van der Waals surface area contributed by atoms with Crippen LogP contribution < -0.4 is 5.32 Å². The van der Waals surface area contributed by atoms with Crippen LogP contribution in [0.2, 0.25) is 0 Å². The molecule has 1 amide bonds. The number of hydrogen-bond donors (Lipinski definition) is 1. The molecule has 1 fully saturated rings. The van der Waals surface area contributed by atoms with Gasteiger partial charge in [0.15, 0.2) is 0 Å². The number of carbonyl (C=O) groups excluding carboxylic acids is 1. The Kier molecular flexibility index (Phi) is 5.40. The Bertz CT molecular complexity index is 470. The fraction of sp³-hybridized carbons (Fsp3) is 0.611. The number of amides is 1. The minimum atomic E-state index is -0.332. The van der Waals surface area contributed by atoms with E-state index in [4.69, 9.17) is 0 Å². The second kappa shape index (κ2) is 7.08. The van der Waals surface area contributed by atoms with E-state index in [9.17, 15) is 4.79 Å². The van der Waals surface area contributed by atoms with Gasteiger partial charge in [0, 0.05) is 18.5 Å². The predicted octanol–water partition coefficient (Wildman–Crippen LogP) is 3.33. The third-order valence-electron chi connectivity index (χ3n) is 4.08. The van der Waals surface area contributed by atoms with E-state index in [1.807, 2.05) is 20.8 Å². The van der Waals surface area contributed by atoms with Gasteiger partial charge < -0.3 is 5.32 Å². The second-order valence-electron chi connectivity index (χ2n) is 7.04. The zero-order valence-corrected chi connectivity index (χ0v) is 13.6. The third-order valence-corrected chi connectivity index (χ3v) is 4.08. The highest BCUT2D eigenvalue weighted by Crippen LogP contribution is 2.17. The average Bonchev–Trinajstić information content (AvgIpc) is 2.46. The zero-order chi connectivity index (χ0) is 15.3. The van der Waals surface area contributed by atoms with E-state index in [0.29, 0.717) is 6.54 Å². The maximum Gasteiger partial charge on any atom is 0.225 e. The molecule has 0 radical (unpaired) electrons. The molecule has 3 heteroatoms. The first kappa shape index (κ1) is 16.0. The molecular formula is C18H28N2O. The fourth-order valence-corrected chi connectivity index (χ4v) is 2.68. The second-order valence-corrected chi connectivity index (χ2v) is 7.04. The number of nitrogens with zero attached hydrogens (tertiary/aromatic N) is 1. The smallest absolute Gasteiger partial charge is 0.225 e. The van der Waals surface area contributed by atoms with Crippen molar-refractivity contribution in [1.29, 1.82) is 0 Å². The number of rotatable bonds is 4. The molecule has 1 aromatic carbocycles. The predicted molar refractivity (Wildman–Crippen MR) is 86.9 cm³/mol. The van der Waals surface area contributed by atoms with Gasteiger partial charge in [0.2, 0.25) is 5.91 Å². The van der Waals surface area contributed by atoms with E-state index >= 15 is 0 Å². The van der Waals surface area contributed by atoms with Crippen LogP contribution in [-0.4, -0.2) is 23.9 Å². The molecule has 0 atom stereocenters. The lowest BCUT2D eigenvalue weighted by atomic mass is 9.95. The minimum Gasteiger partial charge on any atom is -0.352 e. The van der Waals surface area contributed by atoms with Gasteiger partial charge in [-0.25, -0.2) is 0 Å². The Morgan fingerprint density at radius 1 is 1.10 bits per heavy atom. The summed E-state index contributed by atoms with van der Waals surface area (Å²) in [7, 11) is 0. The molecule has 0 saturated carbocycles. The molecule has 1 N–H and O–H groups in total. The van der Waals surface area contributed by atoms with Gasteiger partial charge in [0.05, 0.1) is 0 Å². The molecule has 0 unspecified atom stereocenters. The van der Waals surface area contributed by atoms with Crippen molar-refractivity contribution in [3.05, 3.63) is 35.4 Å². The van der Waals surface area contributed by atoms with Crippen LogP contribution in [0.3, 0.4) is 0 Å². The van der Waals surface area contributed by atoms with Crippen molar-refractivity contribution in [2.24, 2.45) is 5.41 Å². The highest BCUT2D eigenvalue weighted by Gasteiger charge is 2.21. The van der Waals surface area contributed by atoms with Gasteiger partial charge in [-0.1, -0.05) is 51.5 Å². The Labute approximate surface area is 128 Å². The molecule has 116 valence electrons. The molecule has 1 aromatic rings. The summed E-state index contributed by atoms with van der Waals surface area (Å²) >= 11 is 0. The molecule has 0 aliphatic carbocycles. The number of nitrogens with one attached hydrogen (secondary N) is 1. The Hall–Kier alpha value is -1.35. The summed E-state index contributed by atoms with van der Waals surface area (Å²) in [5.41, 5.74) is 2.25. The molecule has 1 saturated heterocycles. The summed E-state index contributed by atoms with van der Waals surface area (Å²) < 4.78 is 0. The number of piperidine rings is 1. The number of hydrogen-bond acceptors (Lipinski definition) is 2. The normalized spacial score (nSPS) is 16.7. The SMILES string of the molecule is CC(C)(C)C(=O)NCc1ccccc1CN1CCCCC1. The molecule has 1 heterocycles. The van der Waals surface area contributed by atoms with Gasteiger partial charge in [-0.05, 0) is 37.1 Å². The van der Waals surface area contributed by atoms with Gasteiger partial charge >= 0.3 is 0 Å². The summed E-state index contributed by atoms with van der Waals surface area (Å²) in [6, 6.07) is 8.46. The van der Waals surface area contributed by atoms with Gasteiger partial charge in [-0.15, -0.1) is 0 Å². The van der Waals surface area contributed by atoms with Gasteiger partial charge in [-0.2, -0.15) is 0 Å². The molecule has 1 aliphatic rings. The lowest BCUT2D eigenvalue weighted by Gasteiger charge is -2.27. The van der Waals surface area contributed by atoms with Gasteiger partial charge in [0.25, 0.3) is 0 Å². The Balaban J connectivity index is 1.98. The van der Waals surface area contributed by atoms with Crippen molar-refractivity contribution < 1.29 is 4.79 Å². The van der Waals surface area contributed by atoms with Gasteiger partial charge in [-0.3, -0.25) is 9.69 Å². The minimum absolute atomic E-state index is 0.107.